The Labute approximate surface area is 95.7 Å². The van der Waals surface area contributed by atoms with Crippen LogP contribution in [0.4, 0.5) is 0 Å². The monoisotopic (exact) mass is 225 g/mol. The lowest BCUT2D eigenvalue weighted by molar-refractivity contribution is -0.137. The predicted octanol–water partition coefficient (Wildman–Crippen LogP) is 1.20. The van der Waals surface area contributed by atoms with E-state index in [0.717, 1.165) is 25.2 Å². The van der Waals surface area contributed by atoms with Crippen LogP contribution in [0.3, 0.4) is 0 Å². The van der Waals surface area contributed by atoms with Crippen molar-refractivity contribution in [1.29, 1.82) is 0 Å². The first kappa shape index (κ1) is 12.7. The first-order valence-electron chi connectivity index (χ1n) is 5.54. The molecule has 1 aromatic heterocycles. The highest BCUT2D eigenvalue weighted by atomic mass is 16.4. The fourth-order valence-electron chi connectivity index (χ4n) is 1.55. The van der Waals surface area contributed by atoms with Crippen LogP contribution in [0.2, 0.25) is 0 Å². The first-order valence-corrected chi connectivity index (χ1v) is 5.54. The second-order valence-corrected chi connectivity index (χ2v) is 3.93. The highest BCUT2D eigenvalue weighted by molar-refractivity contribution is 5.66. The standard InChI is InChI=1S/C11H19N3O2/c1-3-7-14-10(4-6-12-14)9-13(2)8-5-11(15)16/h4,6H,3,5,7-9H2,1-2H3,(H,15,16). The van der Waals surface area contributed by atoms with Gasteiger partial charge in [-0.1, -0.05) is 6.92 Å². The first-order chi connectivity index (χ1) is 7.63. The van der Waals surface area contributed by atoms with E-state index in [0.29, 0.717) is 6.54 Å². The number of hydrogen-bond donors (Lipinski definition) is 1. The second kappa shape index (κ2) is 6.27. The molecule has 1 aromatic rings. The summed E-state index contributed by atoms with van der Waals surface area (Å²) in [6, 6.07) is 1.98. The number of carboxylic acid groups (broad SMARTS) is 1. The smallest absolute Gasteiger partial charge is 0.304 e. The van der Waals surface area contributed by atoms with Crippen LogP contribution in [0.1, 0.15) is 25.5 Å². The van der Waals surface area contributed by atoms with E-state index in [1.54, 1.807) is 6.20 Å². The molecule has 16 heavy (non-hydrogen) atoms. The summed E-state index contributed by atoms with van der Waals surface area (Å²) in [5.74, 6) is -0.756. The van der Waals surface area contributed by atoms with Crippen LogP contribution in [-0.2, 0) is 17.9 Å². The van der Waals surface area contributed by atoms with E-state index in [4.69, 9.17) is 5.11 Å². The van der Waals surface area contributed by atoms with E-state index in [2.05, 4.69) is 12.0 Å². The molecule has 0 aliphatic rings. The Morgan fingerprint density at radius 3 is 3.00 bits per heavy atom. The third-order valence-corrected chi connectivity index (χ3v) is 2.38. The van der Waals surface area contributed by atoms with Crippen molar-refractivity contribution in [2.24, 2.45) is 0 Å². The van der Waals surface area contributed by atoms with Crippen LogP contribution in [0.15, 0.2) is 12.3 Å². The number of hydrogen-bond acceptors (Lipinski definition) is 3. The molecule has 0 saturated carbocycles. The van der Waals surface area contributed by atoms with Gasteiger partial charge in [0.05, 0.1) is 12.1 Å². The van der Waals surface area contributed by atoms with E-state index < -0.39 is 5.97 Å². The zero-order valence-electron chi connectivity index (χ0n) is 9.89. The Hall–Kier alpha value is -1.36. The lowest BCUT2D eigenvalue weighted by Gasteiger charge is -2.16. The van der Waals surface area contributed by atoms with Gasteiger partial charge in [-0.25, -0.2) is 0 Å². The molecule has 0 spiro atoms. The van der Waals surface area contributed by atoms with Crippen LogP contribution < -0.4 is 0 Å². The fourth-order valence-corrected chi connectivity index (χ4v) is 1.55. The third-order valence-electron chi connectivity index (χ3n) is 2.38. The quantitative estimate of drug-likeness (QED) is 0.757. The van der Waals surface area contributed by atoms with Gasteiger partial charge < -0.3 is 5.11 Å². The molecule has 0 aromatic carbocycles. The van der Waals surface area contributed by atoms with Gasteiger partial charge in [-0.05, 0) is 19.5 Å². The van der Waals surface area contributed by atoms with Crippen LogP contribution in [-0.4, -0.2) is 39.3 Å². The molecule has 0 atom stereocenters. The maximum Gasteiger partial charge on any atom is 0.304 e. The third kappa shape index (κ3) is 4.02. The minimum absolute atomic E-state index is 0.179. The molecule has 0 aliphatic heterocycles. The molecule has 90 valence electrons. The molecule has 5 nitrogen and oxygen atoms in total. The molecule has 0 aliphatic carbocycles. The normalized spacial score (nSPS) is 10.9. The van der Waals surface area contributed by atoms with E-state index in [-0.39, 0.29) is 6.42 Å². The zero-order chi connectivity index (χ0) is 12.0. The molecule has 1 rings (SSSR count). The summed E-state index contributed by atoms with van der Waals surface area (Å²) in [5.41, 5.74) is 1.13. The van der Waals surface area contributed by atoms with Crippen molar-refractivity contribution in [3.05, 3.63) is 18.0 Å². The van der Waals surface area contributed by atoms with Crippen molar-refractivity contribution < 1.29 is 9.90 Å². The summed E-state index contributed by atoms with van der Waals surface area (Å²) >= 11 is 0. The molecule has 5 heteroatoms. The lowest BCUT2D eigenvalue weighted by atomic mass is 10.3. The van der Waals surface area contributed by atoms with Gasteiger partial charge in [-0.3, -0.25) is 14.4 Å². The molecule has 1 heterocycles. The van der Waals surface area contributed by atoms with Crippen LogP contribution in [0.5, 0.6) is 0 Å². The topological polar surface area (TPSA) is 58.4 Å². The maximum atomic E-state index is 10.4. The average molecular weight is 225 g/mol. The minimum Gasteiger partial charge on any atom is -0.481 e. The number of aliphatic carboxylic acids is 1. The van der Waals surface area contributed by atoms with Gasteiger partial charge in [0.1, 0.15) is 0 Å². The van der Waals surface area contributed by atoms with E-state index in [9.17, 15) is 4.79 Å². The van der Waals surface area contributed by atoms with Crippen molar-refractivity contribution in [2.75, 3.05) is 13.6 Å². The SMILES string of the molecule is CCCn1nccc1CN(C)CCC(=O)O. The van der Waals surface area contributed by atoms with E-state index in [1.807, 2.05) is 22.7 Å². The number of aryl methyl sites for hydroxylation is 1. The summed E-state index contributed by atoms with van der Waals surface area (Å²) < 4.78 is 1.97. The second-order valence-electron chi connectivity index (χ2n) is 3.93. The highest BCUT2D eigenvalue weighted by Crippen LogP contribution is 2.04. The van der Waals surface area contributed by atoms with Crippen molar-refractivity contribution in [1.82, 2.24) is 14.7 Å². The number of rotatable bonds is 7. The molecule has 0 bridgehead atoms. The predicted molar refractivity (Wildman–Crippen MR) is 61.1 cm³/mol. The maximum absolute atomic E-state index is 10.4. The molecule has 0 amide bonds. The number of carboxylic acids is 1. The summed E-state index contributed by atoms with van der Waals surface area (Å²) in [5, 5.41) is 12.8. The molecule has 1 N–H and O–H groups in total. The van der Waals surface area contributed by atoms with Gasteiger partial charge in [0.15, 0.2) is 0 Å². The number of nitrogens with zero attached hydrogens (tertiary/aromatic N) is 3. The average Bonchev–Trinajstić information content (AvgIpc) is 2.63. The zero-order valence-corrected chi connectivity index (χ0v) is 9.89. The van der Waals surface area contributed by atoms with Gasteiger partial charge >= 0.3 is 5.97 Å². The molecule has 0 radical (unpaired) electrons. The van der Waals surface area contributed by atoms with Crippen LogP contribution >= 0.6 is 0 Å². The van der Waals surface area contributed by atoms with E-state index >= 15 is 0 Å². The van der Waals surface area contributed by atoms with Crippen molar-refractivity contribution in [3.8, 4) is 0 Å². The van der Waals surface area contributed by atoms with Gasteiger partial charge in [-0.15, -0.1) is 0 Å². The Morgan fingerprint density at radius 1 is 1.62 bits per heavy atom. The Balaban J connectivity index is 2.45. The van der Waals surface area contributed by atoms with Gasteiger partial charge in [-0.2, -0.15) is 5.10 Å². The Bertz CT molecular complexity index is 336. The van der Waals surface area contributed by atoms with Crippen LogP contribution in [0.25, 0.3) is 0 Å². The molecular formula is C11H19N3O2. The molecular weight excluding hydrogens is 206 g/mol. The summed E-state index contributed by atoms with van der Waals surface area (Å²) in [6.07, 6.45) is 3.02. The molecule has 0 saturated heterocycles. The Morgan fingerprint density at radius 2 is 2.38 bits per heavy atom. The fraction of sp³-hybridized carbons (Fsp3) is 0.636. The van der Waals surface area contributed by atoms with E-state index in [1.165, 1.54) is 0 Å². The summed E-state index contributed by atoms with van der Waals surface area (Å²) in [7, 11) is 1.92. The van der Waals surface area contributed by atoms with Crippen molar-refractivity contribution in [3.63, 3.8) is 0 Å². The van der Waals surface area contributed by atoms with Crippen LogP contribution in [0, 0.1) is 0 Å². The van der Waals surface area contributed by atoms with Crippen molar-refractivity contribution >= 4 is 5.97 Å². The number of aromatic nitrogens is 2. The minimum atomic E-state index is -0.756. The Kier molecular flexibility index (Phi) is 4.98. The summed E-state index contributed by atoms with van der Waals surface area (Å²) in [4.78, 5) is 12.4. The van der Waals surface area contributed by atoms with Crippen molar-refractivity contribution in [2.45, 2.75) is 32.9 Å². The lowest BCUT2D eigenvalue weighted by Crippen LogP contribution is -2.23. The van der Waals surface area contributed by atoms with Gasteiger partial charge in [0.25, 0.3) is 0 Å². The summed E-state index contributed by atoms with van der Waals surface area (Å²) in [6.45, 7) is 4.33. The number of carbonyl (C=O) groups is 1. The molecule has 0 fully saturated rings. The highest BCUT2D eigenvalue weighted by Gasteiger charge is 2.07. The largest absolute Gasteiger partial charge is 0.481 e. The molecule has 0 unspecified atom stereocenters. The van der Waals surface area contributed by atoms with Gasteiger partial charge in [0.2, 0.25) is 0 Å². The van der Waals surface area contributed by atoms with Gasteiger partial charge in [0, 0.05) is 25.8 Å².